The van der Waals surface area contributed by atoms with Crippen LogP contribution in [0, 0.1) is 0 Å². The third kappa shape index (κ3) is 2.02. The van der Waals surface area contributed by atoms with Crippen molar-refractivity contribution in [2.45, 2.75) is 31.5 Å². The fourth-order valence-corrected chi connectivity index (χ4v) is 4.08. The van der Waals surface area contributed by atoms with E-state index >= 15 is 0 Å². The zero-order valence-corrected chi connectivity index (χ0v) is 14.3. The molecule has 25 heavy (non-hydrogen) atoms. The van der Waals surface area contributed by atoms with Crippen molar-refractivity contribution in [2.24, 2.45) is 0 Å². The van der Waals surface area contributed by atoms with Gasteiger partial charge in [-0.1, -0.05) is 56.3 Å². The Labute approximate surface area is 147 Å². The molecule has 1 aliphatic heterocycles. The Morgan fingerprint density at radius 2 is 1.52 bits per heavy atom. The lowest BCUT2D eigenvalue weighted by atomic mass is 9.84. The number of nitrogens with zero attached hydrogens (tertiary/aromatic N) is 1. The number of benzene rings is 2. The van der Waals surface area contributed by atoms with Gasteiger partial charge in [0.2, 0.25) is 0 Å². The zero-order valence-electron chi connectivity index (χ0n) is 14.3. The van der Waals surface area contributed by atoms with E-state index in [-0.39, 0.29) is 17.6 Å². The molecule has 124 valence electrons. The van der Waals surface area contributed by atoms with Crippen LogP contribution in [-0.2, 0) is 5.41 Å². The van der Waals surface area contributed by atoms with Crippen molar-refractivity contribution in [3.8, 4) is 22.8 Å². The number of ether oxygens (including phenoxy) is 2. The van der Waals surface area contributed by atoms with E-state index in [1.54, 1.807) is 0 Å². The summed E-state index contributed by atoms with van der Waals surface area (Å²) in [6.07, 6.45) is 1.68. The Bertz CT molecular complexity index is 949. The number of fused-ring (bicyclic) bond motifs is 4. The normalized spacial score (nSPS) is 22.2. The van der Waals surface area contributed by atoms with Gasteiger partial charge in [-0.15, -0.1) is 0 Å². The van der Waals surface area contributed by atoms with E-state index in [9.17, 15) is 0 Å². The molecule has 2 atom stereocenters. The smallest absolute Gasteiger partial charge is 0.164 e. The van der Waals surface area contributed by atoms with E-state index in [2.05, 4.69) is 32.0 Å². The molecule has 1 aromatic heterocycles. The molecular formula is C22H19NO2. The summed E-state index contributed by atoms with van der Waals surface area (Å²) in [5.41, 5.74) is 4.35. The van der Waals surface area contributed by atoms with Gasteiger partial charge in [-0.25, -0.2) is 0 Å². The maximum Gasteiger partial charge on any atom is 0.164 e. The van der Waals surface area contributed by atoms with Gasteiger partial charge in [0.1, 0.15) is 6.10 Å². The molecule has 2 aliphatic rings. The second kappa shape index (κ2) is 5.09. The van der Waals surface area contributed by atoms with E-state index in [1.165, 1.54) is 5.56 Å². The lowest BCUT2D eigenvalue weighted by Gasteiger charge is -2.36. The predicted octanol–water partition coefficient (Wildman–Crippen LogP) is 4.92. The van der Waals surface area contributed by atoms with Crippen LogP contribution in [0.15, 0.2) is 66.9 Å². The Hall–Kier alpha value is -2.81. The number of aromatic nitrogens is 1. The standard InChI is InChI=1S/C22H19NO2/c1-22(2)15-12-13-23-19(14-8-4-3-5-9-14)18(15)20-21(22)25-17-11-7-6-10-16(17)24-20/h3-13,20-21H,1-2H3. The van der Waals surface area contributed by atoms with Gasteiger partial charge >= 0.3 is 0 Å². The molecule has 3 heteroatoms. The predicted molar refractivity (Wildman–Crippen MR) is 96.9 cm³/mol. The van der Waals surface area contributed by atoms with Gasteiger partial charge in [0.05, 0.1) is 5.69 Å². The summed E-state index contributed by atoms with van der Waals surface area (Å²) in [5, 5.41) is 0. The number of hydrogen-bond acceptors (Lipinski definition) is 3. The molecule has 1 aliphatic carbocycles. The lowest BCUT2D eigenvalue weighted by Crippen LogP contribution is -2.40. The van der Waals surface area contributed by atoms with E-state index in [0.29, 0.717) is 0 Å². The number of pyridine rings is 1. The second-order valence-electron chi connectivity index (χ2n) is 7.23. The van der Waals surface area contributed by atoms with E-state index in [1.807, 2.05) is 48.7 Å². The van der Waals surface area contributed by atoms with E-state index < -0.39 is 0 Å². The summed E-state index contributed by atoms with van der Waals surface area (Å²) in [6.45, 7) is 4.45. The first kappa shape index (κ1) is 14.5. The molecule has 0 spiro atoms. The highest BCUT2D eigenvalue weighted by Gasteiger charge is 2.53. The molecule has 2 aromatic carbocycles. The minimum absolute atomic E-state index is 0.0657. The van der Waals surface area contributed by atoms with Gasteiger partial charge in [0.15, 0.2) is 17.6 Å². The van der Waals surface area contributed by atoms with Crippen LogP contribution in [-0.4, -0.2) is 11.1 Å². The van der Waals surface area contributed by atoms with Crippen molar-refractivity contribution in [3.05, 3.63) is 78.0 Å². The Morgan fingerprint density at radius 1 is 0.840 bits per heavy atom. The molecular weight excluding hydrogens is 310 g/mol. The summed E-state index contributed by atoms with van der Waals surface area (Å²) in [5.74, 6) is 1.62. The summed E-state index contributed by atoms with van der Waals surface area (Å²) in [7, 11) is 0. The highest BCUT2D eigenvalue weighted by Crippen LogP contribution is 2.54. The average molecular weight is 329 g/mol. The van der Waals surface area contributed by atoms with Crippen LogP contribution in [0.5, 0.6) is 11.5 Å². The molecule has 0 radical (unpaired) electrons. The van der Waals surface area contributed by atoms with Crippen LogP contribution in [0.4, 0.5) is 0 Å². The van der Waals surface area contributed by atoms with Gasteiger partial charge in [-0.2, -0.15) is 0 Å². The van der Waals surface area contributed by atoms with Crippen molar-refractivity contribution in [2.75, 3.05) is 0 Å². The van der Waals surface area contributed by atoms with E-state index in [4.69, 9.17) is 14.5 Å². The molecule has 0 amide bonds. The Kier molecular flexibility index (Phi) is 2.96. The van der Waals surface area contributed by atoms with Crippen LogP contribution in [0.2, 0.25) is 0 Å². The summed E-state index contributed by atoms with van der Waals surface area (Å²) in [6, 6.07) is 20.3. The Morgan fingerprint density at radius 3 is 2.28 bits per heavy atom. The third-order valence-electron chi connectivity index (χ3n) is 5.36. The van der Waals surface area contributed by atoms with Crippen molar-refractivity contribution >= 4 is 0 Å². The molecule has 0 saturated carbocycles. The third-order valence-corrected chi connectivity index (χ3v) is 5.36. The number of hydrogen-bond donors (Lipinski definition) is 0. The maximum absolute atomic E-state index is 6.42. The second-order valence-corrected chi connectivity index (χ2v) is 7.23. The van der Waals surface area contributed by atoms with Crippen LogP contribution >= 0.6 is 0 Å². The monoisotopic (exact) mass is 329 g/mol. The average Bonchev–Trinajstić information content (AvgIpc) is 2.88. The Balaban J connectivity index is 1.72. The topological polar surface area (TPSA) is 31.4 Å². The minimum Gasteiger partial charge on any atom is -0.481 e. The summed E-state index contributed by atoms with van der Waals surface area (Å²) < 4.78 is 12.8. The highest BCUT2D eigenvalue weighted by atomic mass is 16.6. The molecule has 2 unspecified atom stereocenters. The van der Waals surface area contributed by atoms with Gasteiger partial charge in [0.25, 0.3) is 0 Å². The van der Waals surface area contributed by atoms with Crippen molar-refractivity contribution in [1.82, 2.24) is 4.98 Å². The quantitative estimate of drug-likeness (QED) is 0.635. The molecule has 0 N–H and O–H groups in total. The van der Waals surface area contributed by atoms with Crippen molar-refractivity contribution in [1.29, 1.82) is 0 Å². The fraction of sp³-hybridized carbons (Fsp3) is 0.227. The summed E-state index contributed by atoms with van der Waals surface area (Å²) >= 11 is 0. The summed E-state index contributed by atoms with van der Waals surface area (Å²) in [4.78, 5) is 4.70. The highest BCUT2D eigenvalue weighted by molar-refractivity contribution is 5.68. The molecule has 3 aromatic rings. The first-order valence-corrected chi connectivity index (χ1v) is 8.63. The lowest BCUT2D eigenvalue weighted by molar-refractivity contribution is -0.00217. The molecule has 0 bridgehead atoms. The van der Waals surface area contributed by atoms with Crippen LogP contribution in [0.25, 0.3) is 11.3 Å². The molecule has 0 saturated heterocycles. The molecule has 5 rings (SSSR count). The first-order chi connectivity index (χ1) is 12.2. The van der Waals surface area contributed by atoms with Gasteiger partial charge in [0, 0.05) is 22.7 Å². The minimum atomic E-state index is -0.153. The van der Waals surface area contributed by atoms with Crippen molar-refractivity contribution in [3.63, 3.8) is 0 Å². The largest absolute Gasteiger partial charge is 0.481 e. The van der Waals surface area contributed by atoms with Crippen LogP contribution < -0.4 is 9.47 Å². The number of rotatable bonds is 1. The van der Waals surface area contributed by atoms with Crippen LogP contribution in [0.3, 0.4) is 0 Å². The molecule has 0 fully saturated rings. The first-order valence-electron chi connectivity index (χ1n) is 8.63. The zero-order chi connectivity index (χ0) is 17.0. The SMILES string of the molecule is CC1(C)c2ccnc(-c3ccccc3)c2C2Oc3ccccc3OC21. The maximum atomic E-state index is 6.42. The van der Waals surface area contributed by atoms with E-state index in [0.717, 1.165) is 28.3 Å². The van der Waals surface area contributed by atoms with Gasteiger partial charge in [-0.05, 0) is 23.8 Å². The van der Waals surface area contributed by atoms with Gasteiger partial charge in [-0.3, -0.25) is 4.98 Å². The van der Waals surface area contributed by atoms with Gasteiger partial charge < -0.3 is 9.47 Å². The molecule has 2 heterocycles. The van der Waals surface area contributed by atoms with Crippen molar-refractivity contribution < 1.29 is 9.47 Å². The van der Waals surface area contributed by atoms with Crippen LogP contribution in [0.1, 0.15) is 31.1 Å². The number of para-hydroxylation sites is 2. The fourth-order valence-electron chi connectivity index (χ4n) is 4.08. The molecule has 3 nitrogen and oxygen atoms in total.